The molecule has 12 heteroatoms. The van der Waals surface area contributed by atoms with Crippen LogP contribution in [0.15, 0.2) is 36.4 Å². The molecule has 1 aromatic heterocycles. The Bertz CT molecular complexity index is 1250. The van der Waals surface area contributed by atoms with Crippen LogP contribution in [0.2, 0.25) is 0 Å². The molecule has 0 saturated carbocycles. The zero-order valence-electron chi connectivity index (χ0n) is 18.7. The SMILES string of the molecule is Cc1cc2n[nH]nc2cc1C(=O)N1C[C@H]2CN(C(=O)OCc3ccc(OC(F)(F)F)cc3)C[C@@H]2C1. The number of nitrogens with one attached hydrogen (secondary N) is 1. The number of fused-ring (bicyclic) bond motifs is 2. The van der Waals surface area contributed by atoms with Gasteiger partial charge in [-0.3, -0.25) is 4.79 Å². The van der Waals surface area contributed by atoms with Gasteiger partial charge in [-0.1, -0.05) is 12.1 Å². The minimum Gasteiger partial charge on any atom is -0.445 e. The number of aryl methyl sites for hydroxylation is 1. The fourth-order valence-electron chi connectivity index (χ4n) is 4.73. The molecule has 0 radical (unpaired) electrons. The zero-order valence-corrected chi connectivity index (χ0v) is 18.7. The Balaban J connectivity index is 1.13. The Morgan fingerprint density at radius 2 is 1.60 bits per heavy atom. The van der Waals surface area contributed by atoms with E-state index in [1.807, 2.05) is 17.9 Å². The highest BCUT2D eigenvalue weighted by atomic mass is 19.4. The van der Waals surface area contributed by atoms with Crippen LogP contribution in [0.3, 0.4) is 0 Å². The number of hydrogen-bond acceptors (Lipinski definition) is 6. The molecule has 9 nitrogen and oxygen atoms in total. The van der Waals surface area contributed by atoms with Crippen molar-refractivity contribution >= 4 is 23.0 Å². The molecule has 1 N–H and O–H groups in total. The summed E-state index contributed by atoms with van der Waals surface area (Å²) < 4.78 is 45.9. The zero-order chi connectivity index (χ0) is 24.7. The quantitative estimate of drug-likeness (QED) is 0.602. The molecule has 3 heterocycles. The van der Waals surface area contributed by atoms with Gasteiger partial charge in [0.05, 0.1) is 0 Å². The van der Waals surface area contributed by atoms with Gasteiger partial charge in [-0.25, -0.2) is 4.79 Å². The Morgan fingerprint density at radius 1 is 1.00 bits per heavy atom. The largest absolute Gasteiger partial charge is 0.573 e. The average Bonchev–Trinajstić information content (AvgIpc) is 3.51. The molecular weight excluding hydrogens is 467 g/mol. The lowest BCUT2D eigenvalue weighted by atomic mass is 10.0. The van der Waals surface area contributed by atoms with Gasteiger partial charge in [0.15, 0.2) is 0 Å². The standard InChI is InChI=1S/C23H22F3N5O4/c1-13-6-19-20(28-29-27-19)7-18(13)21(32)30-8-15-10-31(11-16(15)9-30)22(33)34-12-14-2-4-17(5-3-14)35-23(24,25)26/h2-7,15-16H,8-12H2,1H3,(H,27,28,29)/t15-,16-/m0/s1. The maximum atomic E-state index is 13.1. The number of likely N-dealkylation sites (tertiary alicyclic amines) is 2. The van der Waals surface area contributed by atoms with Crippen molar-refractivity contribution < 1.29 is 32.2 Å². The van der Waals surface area contributed by atoms with Gasteiger partial charge in [-0.15, -0.1) is 13.2 Å². The number of alkyl halides is 3. The van der Waals surface area contributed by atoms with Crippen molar-refractivity contribution in [2.24, 2.45) is 11.8 Å². The summed E-state index contributed by atoms with van der Waals surface area (Å²) in [4.78, 5) is 29.1. The number of benzene rings is 2. The maximum absolute atomic E-state index is 13.1. The fraction of sp³-hybridized carbons (Fsp3) is 0.391. The summed E-state index contributed by atoms with van der Waals surface area (Å²) in [5.41, 5.74) is 3.31. The van der Waals surface area contributed by atoms with Gasteiger partial charge in [0.1, 0.15) is 23.4 Å². The molecule has 2 fully saturated rings. The maximum Gasteiger partial charge on any atom is 0.573 e. The highest BCUT2D eigenvalue weighted by Crippen LogP contribution is 2.33. The van der Waals surface area contributed by atoms with E-state index >= 15 is 0 Å². The van der Waals surface area contributed by atoms with E-state index in [9.17, 15) is 22.8 Å². The number of ether oxygens (including phenoxy) is 2. The molecule has 0 bridgehead atoms. The number of carbonyl (C=O) groups excluding carboxylic acids is 2. The van der Waals surface area contributed by atoms with Crippen LogP contribution in [0.25, 0.3) is 11.0 Å². The number of hydrogen-bond donors (Lipinski definition) is 1. The topological polar surface area (TPSA) is 101 Å². The van der Waals surface area contributed by atoms with Gasteiger partial charge in [0.2, 0.25) is 0 Å². The lowest BCUT2D eigenvalue weighted by Gasteiger charge is -2.22. The summed E-state index contributed by atoms with van der Waals surface area (Å²) in [5.74, 6) is -0.0909. The van der Waals surface area contributed by atoms with Crippen molar-refractivity contribution in [2.45, 2.75) is 19.9 Å². The van der Waals surface area contributed by atoms with E-state index in [4.69, 9.17) is 4.74 Å². The molecule has 2 aliphatic rings. The van der Waals surface area contributed by atoms with Crippen LogP contribution in [0.1, 0.15) is 21.5 Å². The number of aromatic nitrogens is 3. The van der Waals surface area contributed by atoms with E-state index in [-0.39, 0.29) is 30.1 Å². The first-order chi connectivity index (χ1) is 16.7. The predicted molar refractivity (Wildman–Crippen MR) is 116 cm³/mol. The Kier molecular flexibility index (Phi) is 5.73. The molecule has 3 aromatic rings. The van der Waals surface area contributed by atoms with E-state index in [1.165, 1.54) is 24.3 Å². The Labute approximate surface area is 197 Å². The molecule has 0 unspecified atom stereocenters. The van der Waals surface area contributed by atoms with Gasteiger partial charge < -0.3 is 19.3 Å². The van der Waals surface area contributed by atoms with Crippen LogP contribution in [0.5, 0.6) is 5.75 Å². The van der Waals surface area contributed by atoms with E-state index in [1.54, 1.807) is 11.0 Å². The number of amides is 2. The third-order valence-corrected chi connectivity index (χ3v) is 6.44. The fourth-order valence-corrected chi connectivity index (χ4v) is 4.73. The van der Waals surface area contributed by atoms with Crippen LogP contribution in [-0.2, 0) is 11.3 Å². The average molecular weight is 489 g/mol. The van der Waals surface area contributed by atoms with Crippen molar-refractivity contribution in [1.82, 2.24) is 25.2 Å². The van der Waals surface area contributed by atoms with Gasteiger partial charge in [0, 0.05) is 43.6 Å². The second-order valence-electron chi connectivity index (χ2n) is 8.86. The highest BCUT2D eigenvalue weighted by molar-refractivity contribution is 5.99. The minimum absolute atomic E-state index is 0.0612. The predicted octanol–water partition coefficient (Wildman–Crippen LogP) is 3.51. The van der Waals surface area contributed by atoms with Gasteiger partial charge in [-0.05, 0) is 42.3 Å². The molecule has 184 valence electrons. The minimum atomic E-state index is -4.76. The molecule has 0 aliphatic carbocycles. The number of aromatic amines is 1. The molecule has 2 saturated heterocycles. The molecule has 2 aliphatic heterocycles. The summed E-state index contributed by atoms with van der Waals surface area (Å²) >= 11 is 0. The summed E-state index contributed by atoms with van der Waals surface area (Å²) in [6, 6.07) is 8.74. The van der Waals surface area contributed by atoms with E-state index < -0.39 is 12.5 Å². The smallest absolute Gasteiger partial charge is 0.445 e. The molecular formula is C23H22F3N5O4. The lowest BCUT2D eigenvalue weighted by molar-refractivity contribution is -0.274. The van der Waals surface area contributed by atoms with Crippen molar-refractivity contribution in [3.8, 4) is 5.75 Å². The first-order valence-electron chi connectivity index (χ1n) is 11.0. The molecule has 0 spiro atoms. The number of H-pyrrole nitrogens is 1. The number of carbonyl (C=O) groups is 2. The van der Waals surface area contributed by atoms with E-state index in [2.05, 4.69) is 20.1 Å². The third-order valence-electron chi connectivity index (χ3n) is 6.44. The Hall–Kier alpha value is -3.83. The first kappa shape index (κ1) is 22.9. The van der Waals surface area contributed by atoms with Crippen LogP contribution in [0.4, 0.5) is 18.0 Å². The molecule has 2 aromatic carbocycles. The number of halogens is 3. The summed E-state index contributed by atoms with van der Waals surface area (Å²) in [6.45, 7) is 3.85. The second-order valence-corrected chi connectivity index (χ2v) is 8.86. The molecule has 2 amide bonds. The highest BCUT2D eigenvalue weighted by Gasteiger charge is 2.43. The lowest BCUT2D eigenvalue weighted by Crippen LogP contribution is -2.36. The number of rotatable bonds is 4. The Morgan fingerprint density at radius 3 is 2.23 bits per heavy atom. The normalized spacial score (nSPS) is 19.8. The molecule has 35 heavy (non-hydrogen) atoms. The first-order valence-corrected chi connectivity index (χ1v) is 11.0. The summed E-state index contributed by atoms with van der Waals surface area (Å²) in [6.07, 6.45) is -5.24. The van der Waals surface area contributed by atoms with Crippen molar-refractivity contribution in [1.29, 1.82) is 0 Å². The molecule has 5 rings (SSSR count). The van der Waals surface area contributed by atoms with Gasteiger partial charge >= 0.3 is 12.5 Å². The van der Waals surface area contributed by atoms with E-state index in [0.29, 0.717) is 48.3 Å². The molecule has 2 atom stereocenters. The summed E-state index contributed by atoms with van der Waals surface area (Å²) in [7, 11) is 0. The van der Waals surface area contributed by atoms with E-state index in [0.717, 1.165) is 5.56 Å². The van der Waals surface area contributed by atoms with Crippen molar-refractivity contribution in [2.75, 3.05) is 26.2 Å². The monoisotopic (exact) mass is 489 g/mol. The third kappa shape index (κ3) is 4.86. The van der Waals surface area contributed by atoms with Gasteiger partial charge in [0.25, 0.3) is 5.91 Å². The second kappa shape index (κ2) is 8.75. The summed E-state index contributed by atoms with van der Waals surface area (Å²) in [5, 5.41) is 10.7. The van der Waals surface area contributed by atoms with Crippen molar-refractivity contribution in [3.05, 3.63) is 53.1 Å². The number of nitrogens with zero attached hydrogens (tertiary/aromatic N) is 4. The van der Waals surface area contributed by atoms with Crippen LogP contribution in [0, 0.1) is 18.8 Å². The van der Waals surface area contributed by atoms with Crippen molar-refractivity contribution in [3.63, 3.8) is 0 Å². The van der Waals surface area contributed by atoms with Crippen LogP contribution >= 0.6 is 0 Å². The van der Waals surface area contributed by atoms with Crippen LogP contribution < -0.4 is 4.74 Å². The van der Waals surface area contributed by atoms with Gasteiger partial charge in [-0.2, -0.15) is 15.4 Å². The van der Waals surface area contributed by atoms with Crippen LogP contribution in [-0.4, -0.2) is 69.8 Å².